The molecule has 1 aromatic carbocycles. The summed E-state index contributed by atoms with van der Waals surface area (Å²) in [5.41, 5.74) is 5.41. The molecule has 2 heterocycles. The summed E-state index contributed by atoms with van der Waals surface area (Å²) in [7, 11) is 0. The smallest absolute Gasteiger partial charge is 0.231 e. The van der Waals surface area contributed by atoms with Crippen molar-refractivity contribution in [2.24, 2.45) is 5.41 Å². The molecule has 3 rings (SSSR count). The minimum Gasteiger partial charge on any atom is -0.231 e. The van der Waals surface area contributed by atoms with E-state index in [0.717, 1.165) is 6.42 Å². The van der Waals surface area contributed by atoms with Gasteiger partial charge in [0.25, 0.3) is 5.82 Å². The van der Waals surface area contributed by atoms with Crippen LogP contribution in [0.25, 0.3) is 5.69 Å². The zero-order valence-corrected chi connectivity index (χ0v) is 14.1. The van der Waals surface area contributed by atoms with Gasteiger partial charge < -0.3 is 0 Å². The molecule has 0 saturated heterocycles. The van der Waals surface area contributed by atoms with Gasteiger partial charge in [0, 0.05) is 11.5 Å². The normalized spacial score (nSPS) is 18.1. The maximum absolute atomic E-state index is 4.86. The van der Waals surface area contributed by atoms with Gasteiger partial charge >= 0.3 is 0 Å². The van der Waals surface area contributed by atoms with E-state index in [4.69, 9.17) is 5.10 Å². The van der Waals surface area contributed by atoms with Gasteiger partial charge in [0.15, 0.2) is 0 Å². The molecule has 1 aliphatic heterocycles. The van der Waals surface area contributed by atoms with Gasteiger partial charge in [-0.25, -0.2) is 4.57 Å². The SMILES string of the molecule is Cc1cc(C)c(-n2c[n+]3c(n2)CC[C@H]3C(C)(C)C)c(C)c1. The van der Waals surface area contributed by atoms with Crippen molar-refractivity contribution in [2.75, 3.05) is 0 Å². The molecule has 0 amide bonds. The largest absolute Gasteiger partial charge is 0.278 e. The van der Waals surface area contributed by atoms with Crippen LogP contribution in [0.1, 0.15) is 55.7 Å². The first kappa shape index (κ1) is 14.3. The number of nitrogens with zero attached hydrogens (tertiary/aromatic N) is 3. The zero-order valence-electron chi connectivity index (χ0n) is 14.1. The molecular formula is C18H26N3+. The Morgan fingerprint density at radius 2 is 1.76 bits per heavy atom. The number of rotatable bonds is 1. The van der Waals surface area contributed by atoms with Crippen molar-refractivity contribution >= 4 is 0 Å². The highest BCUT2D eigenvalue weighted by molar-refractivity contribution is 5.48. The van der Waals surface area contributed by atoms with E-state index in [1.807, 2.05) is 0 Å². The predicted octanol–water partition coefficient (Wildman–Crippen LogP) is 3.62. The van der Waals surface area contributed by atoms with E-state index in [1.165, 1.54) is 34.6 Å². The lowest BCUT2D eigenvalue weighted by atomic mass is 9.85. The Balaban J connectivity index is 2.08. The third kappa shape index (κ3) is 2.39. The van der Waals surface area contributed by atoms with Crippen LogP contribution in [-0.2, 0) is 6.42 Å². The second kappa shape index (κ2) is 4.69. The topological polar surface area (TPSA) is 21.7 Å². The van der Waals surface area contributed by atoms with Crippen LogP contribution in [0.4, 0.5) is 0 Å². The first-order valence-electron chi connectivity index (χ1n) is 7.85. The average molecular weight is 284 g/mol. The van der Waals surface area contributed by atoms with Crippen LogP contribution in [0, 0.1) is 26.2 Å². The Labute approximate surface area is 127 Å². The maximum Gasteiger partial charge on any atom is 0.278 e. The molecule has 1 aliphatic rings. The first-order chi connectivity index (χ1) is 9.77. The molecule has 0 radical (unpaired) electrons. The van der Waals surface area contributed by atoms with Gasteiger partial charge in [-0.1, -0.05) is 43.1 Å². The van der Waals surface area contributed by atoms with Crippen molar-refractivity contribution in [3.05, 3.63) is 41.0 Å². The van der Waals surface area contributed by atoms with E-state index in [2.05, 4.69) is 69.3 Å². The van der Waals surface area contributed by atoms with Crippen molar-refractivity contribution in [1.82, 2.24) is 9.78 Å². The van der Waals surface area contributed by atoms with E-state index >= 15 is 0 Å². The summed E-state index contributed by atoms with van der Waals surface area (Å²) in [5, 5.41) is 4.86. The molecule has 0 spiro atoms. The van der Waals surface area contributed by atoms with E-state index in [0.29, 0.717) is 6.04 Å². The van der Waals surface area contributed by atoms with Crippen LogP contribution < -0.4 is 4.57 Å². The van der Waals surface area contributed by atoms with Crippen LogP contribution in [0.15, 0.2) is 18.5 Å². The van der Waals surface area contributed by atoms with Crippen LogP contribution in [0.2, 0.25) is 0 Å². The lowest BCUT2D eigenvalue weighted by Gasteiger charge is -2.24. The van der Waals surface area contributed by atoms with Crippen LogP contribution in [0.5, 0.6) is 0 Å². The molecule has 0 fully saturated rings. The summed E-state index contributed by atoms with van der Waals surface area (Å²) < 4.78 is 4.47. The highest BCUT2D eigenvalue weighted by Gasteiger charge is 2.39. The highest BCUT2D eigenvalue weighted by Crippen LogP contribution is 2.33. The summed E-state index contributed by atoms with van der Waals surface area (Å²) in [5.74, 6) is 1.22. The van der Waals surface area contributed by atoms with Crippen molar-refractivity contribution in [1.29, 1.82) is 0 Å². The van der Waals surface area contributed by atoms with E-state index in [-0.39, 0.29) is 5.41 Å². The maximum atomic E-state index is 4.86. The number of benzene rings is 1. The number of aromatic nitrogens is 3. The molecule has 112 valence electrons. The highest BCUT2D eigenvalue weighted by atomic mass is 15.4. The van der Waals surface area contributed by atoms with Gasteiger partial charge in [0.1, 0.15) is 5.69 Å². The molecule has 2 aromatic rings. The van der Waals surface area contributed by atoms with Crippen molar-refractivity contribution in [3.63, 3.8) is 0 Å². The van der Waals surface area contributed by atoms with Gasteiger partial charge in [-0.05, 0) is 43.7 Å². The first-order valence-corrected chi connectivity index (χ1v) is 7.85. The van der Waals surface area contributed by atoms with Gasteiger partial charge in [0.2, 0.25) is 6.33 Å². The monoisotopic (exact) mass is 284 g/mol. The third-order valence-electron chi connectivity index (χ3n) is 4.60. The number of hydrogen-bond acceptors (Lipinski definition) is 1. The molecule has 0 saturated carbocycles. The molecule has 0 N–H and O–H groups in total. The second-order valence-corrected chi connectivity index (χ2v) is 7.55. The molecule has 3 nitrogen and oxygen atoms in total. The fraction of sp³-hybridized carbons (Fsp3) is 0.556. The fourth-order valence-corrected chi connectivity index (χ4v) is 3.72. The Hall–Kier alpha value is -1.64. The van der Waals surface area contributed by atoms with E-state index < -0.39 is 0 Å². The Bertz CT molecular complexity index is 666. The minimum absolute atomic E-state index is 0.279. The molecule has 1 aromatic heterocycles. The number of aryl methyl sites for hydroxylation is 4. The lowest BCUT2D eigenvalue weighted by molar-refractivity contribution is -0.729. The van der Waals surface area contributed by atoms with E-state index in [1.54, 1.807) is 0 Å². The Morgan fingerprint density at radius 3 is 2.33 bits per heavy atom. The fourth-order valence-electron chi connectivity index (χ4n) is 3.72. The molecule has 0 aliphatic carbocycles. The summed E-state index contributed by atoms with van der Waals surface area (Å²) in [6, 6.07) is 5.02. The van der Waals surface area contributed by atoms with Crippen LogP contribution in [0.3, 0.4) is 0 Å². The van der Waals surface area contributed by atoms with Gasteiger partial charge in [-0.2, -0.15) is 0 Å². The molecule has 0 bridgehead atoms. The molecule has 21 heavy (non-hydrogen) atoms. The van der Waals surface area contributed by atoms with Crippen molar-refractivity contribution in [2.45, 2.75) is 60.4 Å². The lowest BCUT2D eigenvalue weighted by Crippen LogP contribution is -2.43. The minimum atomic E-state index is 0.279. The van der Waals surface area contributed by atoms with Gasteiger partial charge in [-0.3, -0.25) is 0 Å². The zero-order chi connectivity index (χ0) is 15.4. The van der Waals surface area contributed by atoms with Gasteiger partial charge in [0.05, 0.1) is 6.04 Å². The quantitative estimate of drug-likeness (QED) is 0.733. The van der Waals surface area contributed by atoms with Crippen molar-refractivity contribution in [3.8, 4) is 5.69 Å². The summed E-state index contributed by atoms with van der Waals surface area (Å²) in [6.45, 7) is 13.5. The van der Waals surface area contributed by atoms with E-state index in [9.17, 15) is 0 Å². The molecule has 1 atom stereocenters. The molecular weight excluding hydrogens is 258 g/mol. The standard InChI is InChI=1S/C18H26N3/c1-12-9-13(2)17(14(3)10-12)21-11-20-15(18(4,5)6)7-8-16(20)19-21/h9-11,15H,7-8H2,1-6H3/q+1/t15-/m0/s1. The molecule has 3 heteroatoms. The van der Waals surface area contributed by atoms with Gasteiger partial charge in [-0.15, -0.1) is 0 Å². The summed E-state index contributed by atoms with van der Waals surface area (Å²) >= 11 is 0. The van der Waals surface area contributed by atoms with Crippen molar-refractivity contribution < 1.29 is 4.57 Å². The van der Waals surface area contributed by atoms with Crippen LogP contribution >= 0.6 is 0 Å². The third-order valence-corrected chi connectivity index (χ3v) is 4.60. The van der Waals surface area contributed by atoms with Crippen LogP contribution in [-0.4, -0.2) is 9.78 Å². The summed E-state index contributed by atoms with van der Waals surface area (Å²) in [4.78, 5) is 0. The Morgan fingerprint density at radius 1 is 1.14 bits per heavy atom. The number of fused-ring (bicyclic) bond motifs is 1. The average Bonchev–Trinajstić information content (AvgIpc) is 2.84. The second-order valence-electron chi connectivity index (χ2n) is 7.55. The number of hydrogen-bond donors (Lipinski definition) is 0. The predicted molar refractivity (Wildman–Crippen MR) is 84.8 cm³/mol. The summed E-state index contributed by atoms with van der Waals surface area (Å²) in [6.07, 6.45) is 4.49. The molecule has 0 unspecified atom stereocenters. The Kier molecular flexibility index (Phi) is 3.19.